The van der Waals surface area contributed by atoms with Crippen LogP contribution in [0.5, 0.6) is 5.75 Å². The van der Waals surface area contributed by atoms with Crippen molar-refractivity contribution in [1.29, 1.82) is 0 Å². The third kappa shape index (κ3) is 3.88. The number of anilines is 1. The molecule has 1 amide bonds. The topological polar surface area (TPSA) is 67.0 Å². The van der Waals surface area contributed by atoms with Crippen LogP contribution in [-0.2, 0) is 11.2 Å². The number of pyridine rings is 1. The molecular formula is C18H19N3O2. The van der Waals surface area contributed by atoms with Crippen molar-refractivity contribution in [1.82, 2.24) is 9.97 Å². The van der Waals surface area contributed by atoms with Crippen LogP contribution in [-0.4, -0.2) is 22.0 Å². The van der Waals surface area contributed by atoms with Gasteiger partial charge in [0.05, 0.1) is 18.7 Å². The minimum atomic E-state index is -0.0927. The fraction of sp³-hybridized carbons (Fsp3) is 0.222. The molecule has 118 valence electrons. The molecule has 5 heteroatoms. The number of rotatable bonds is 5. The molecule has 23 heavy (non-hydrogen) atoms. The Hall–Kier alpha value is -2.82. The Morgan fingerprint density at radius 3 is 2.87 bits per heavy atom. The first-order chi connectivity index (χ1) is 11.1. The highest BCUT2D eigenvalue weighted by atomic mass is 16.5. The maximum atomic E-state index is 12.1. The Morgan fingerprint density at radius 1 is 1.26 bits per heavy atom. The van der Waals surface area contributed by atoms with E-state index in [0.29, 0.717) is 18.0 Å². The van der Waals surface area contributed by atoms with E-state index in [0.717, 1.165) is 16.5 Å². The highest BCUT2D eigenvalue weighted by Crippen LogP contribution is 2.16. The van der Waals surface area contributed by atoms with Gasteiger partial charge in [-0.15, -0.1) is 0 Å². The summed E-state index contributed by atoms with van der Waals surface area (Å²) in [6, 6.07) is 11.5. The number of nitrogens with one attached hydrogen (secondary N) is 2. The second-order valence-electron chi connectivity index (χ2n) is 5.67. The SMILES string of the molecule is CC(C)Oc1ccc(NC(=O)Cc2ccc3[nH]ccc3c2)nc1. The van der Waals surface area contributed by atoms with Crippen LogP contribution in [0.4, 0.5) is 5.82 Å². The van der Waals surface area contributed by atoms with Gasteiger partial charge in [-0.05, 0) is 55.1 Å². The van der Waals surface area contributed by atoms with Gasteiger partial charge in [-0.25, -0.2) is 4.98 Å². The van der Waals surface area contributed by atoms with Crippen LogP contribution in [0, 0.1) is 0 Å². The Kier molecular flexibility index (Phi) is 4.28. The van der Waals surface area contributed by atoms with Gasteiger partial charge in [0.15, 0.2) is 0 Å². The summed E-state index contributed by atoms with van der Waals surface area (Å²) in [6.45, 7) is 3.91. The molecule has 0 aliphatic heterocycles. The summed E-state index contributed by atoms with van der Waals surface area (Å²) in [5.41, 5.74) is 2.03. The first-order valence-corrected chi connectivity index (χ1v) is 7.59. The van der Waals surface area contributed by atoms with E-state index in [9.17, 15) is 4.79 Å². The van der Waals surface area contributed by atoms with Crippen LogP contribution in [0.1, 0.15) is 19.4 Å². The number of aromatic nitrogens is 2. The molecule has 0 atom stereocenters. The van der Waals surface area contributed by atoms with Crippen molar-refractivity contribution < 1.29 is 9.53 Å². The van der Waals surface area contributed by atoms with Gasteiger partial charge in [-0.2, -0.15) is 0 Å². The molecule has 0 spiro atoms. The van der Waals surface area contributed by atoms with Crippen molar-refractivity contribution in [3.63, 3.8) is 0 Å². The number of fused-ring (bicyclic) bond motifs is 1. The zero-order chi connectivity index (χ0) is 16.2. The summed E-state index contributed by atoms with van der Waals surface area (Å²) < 4.78 is 5.52. The number of hydrogen-bond donors (Lipinski definition) is 2. The molecule has 0 bridgehead atoms. The third-order valence-electron chi connectivity index (χ3n) is 3.36. The van der Waals surface area contributed by atoms with Gasteiger partial charge < -0.3 is 15.0 Å². The fourth-order valence-corrected chi connectivity index (χ4v) is 2.38. The number of H-pyrrole nitrogens is 1. The fourth-order valence-electron chi connectivity index (χ4n) is 2.38. The lowest BCUT2D eigenvalue weighted by atomic mass is 10.1. The molecule has 2 heterocycles. The minimum Gasteiger partial charge on any atom is -0.489 e. The standard InChI is InChI=1S/C18H19N3O2/c1-12(2)23-15-4-6-17(20-11-15)21-18(22)10-13-3-5-16-14(9-13)7-8-19-16/h3-9,11-12,19H,10H2,1-2H3,(H,20,21,22). The molecular weight excluding hydrogens is 290 g/mol. The summed E-state index contributed by atoms with van der Waals surface area (Å²) in [6.07, 6.45) is 3.91. The molecule has 3 rings (SSSR count). The van der Waals surface area contributed by atoms with E-state index in [1.165, 1.54) is 0 Å². The minimum absolute atomic E-state index is 0.0927. The molecule has 2 N–H and O–H groups in total. The average Bonchev–Trinajstić information content (AvgIpc) is 2.96. The normalized spacial score (nSPS) is 10.9. The lowest BCUT2D eigenvalue weighted by molar-refractivity contribution is -0.115. The van der Waals surface area contributed by atoms with Crippen LogP contribution in [0.2, 0.25) is 0 Å². The molecule has 0 unspecified atom stereocenters. The maximum absolute atomic E-state index is 12.1. The molecule has 0 saturated carbocycles. The zero-order valence-electron chi connectivity index (χ0n) is 13.2. The van der Waals surface area contributed by atoms with Gasteiger partial charge in [0.1, 0.15) is 11.6 Å². The number of ether oxygens (including phenoxy) is 1. The van der Waals surface area contributed by atoms with Crippen LogP contribution >= 0.6 is 0 Å². The number of amides is 1. The third-order valence-corrected chi connectivity index (χ3v) is 3.36. The first-order valence-electron chi connectivity index (χ1n) is 7.59. The summed E-state index contributed by atoms with van der Waals surface area (Å²) in [4.78, 5) is 19.5. The number of hydrogen-bond acceptors (Lipinski definition) is 3. The van der Waals surface area contributed by atoms with Crippen molar-refractivity contribution in [2.45, 2.75) is 26.4 Å². The molecule has 0 fully saturated rings. The highest BCUT2D eigenvalue weighted by Gasteiger charge is 2.07. The molecule has 0 radical (unpaired) electrons. The van der Waals surface area contributed by atoms with E-state index in [4.69, 9.17) is 4.74 Å². The van der Waals surface area contributed by atoms with Gasteiger partial charge in [-0.1, -0.05) is 6.07 Å². The van der Waals surface area contributed by atoms with Crippen LogP contribution in [0.3, 0.4) is 0 Å². The summed E-state index contributed by atoms with van der Waals surface area (Å²) in [7, 11) is 0. The highest BCUT2D eigenvalue weighted by molar-refractivity contribution is 5.92. The van der Waals surface area contributed by atoms with Crippen LogP contribution < -0.4 is 10.1 Å². The van der Waals surface area contributed by atoms with Gasteiger partial charge in [-0.3, -0.25) is 4.79 Å². The molecule has 0 saturated heterocycles. The molecule has 2 aromatic heterocycles. The van der Waals surface area contributed by atoms with E-state index in [1.807, 2.05) is 44.3 Å². The largest absolute Gasteiger partial charge is 0.489 e. The molecule has 0 aliphatic carbocycles. The second-order valence-corrected chi connectivity index (χ2v) is 5.67. The maximum Gasteiger partial charge on any atom is 0.229 e. The second kappa shape index (κ2) is 6.52. The number of benzene rings is 1. The van der Waals surface area contributed by atoms with E-state index >= 15 is 0 Å². The van der Waals surface area contributed by atoms with Gasteiger partial charge in [0.2, 0.25) is 5.91 Å². The Morgan fingerprint density at radius 2 is 2.13 bits per heavy atom. The number of nitrogens with zero attached hydrogens (tertiary/aromatic N) is 1. The lowest BCUT2D eigenvalue weighted by Crippen LogP contribution is -2.15. The summed E-state index contributed by atoms with van der Waals surface area (Å²) in [5.74, 6) is 1.12. The summed E-state index contributed by atoms with van der Waals surface area (Å²) >= 11 is 0. The Balaban J connectivity index is 1.62. The number of carbonyl (C=O) groups excluding carboxylic acids is 1. The van der Waals surface area contributed by atoms with Crippen molar-refractivity contribution >= 4 is 22.6 Å². The van der Waals surface area contributed by atoms with Crippen molar-refractivity contribution in [2.24, 2.45) is 0 Å². The Bertz CT molecular complexity index is 807. The molecule has 3 aromatic rings. The molecule has 5 nitrogen and oxygen atoms in total. The quantitative estimate of drug-likeness (QED) is 0.757. The van der Waals surface area contributed by atoms with Crippen molar-refractivity contribution in [3.8, 4) is 5.75 Å². The predicted molar refractivity (Wildman–Crippen MR) is 90.6 cm³/mol. The van der Waals surface area contributed by atoms with Crippen molar-refractivity contribution in [2.75, 3.05) is 5.32 Å². The van der Waals surface area contributed by atoms with Crippen molar-refractivity contribution in [3.05, 3.63) is 54.4 Å². The van der Waals surface area contributed by atoms with E-state index in [1.54, 1.807) is 18.3 Å². The van der Waals surface area contributed by atoms with Gasteiger partial charge in [0, 0.05) is 11.7 Å². The smallest absolute Gasteiger partial charge is 0.229 e. The van der Waals surface area contributed by atoms with E-state index < -0.39 is 0 Å². The number of aromatic amines is 1. The summed E-state index contributed by atoms with van der Waals surface area (Å²) in [5, 5.41) is 3.90. The first kappa shape index (κ1) is 15.1. The monoisotopic (exact) mass is 309 g/mol. The van der Waals surface area contributed by atoms with Crippen LogP contribution in [0.15, 0.2) is 48.8 Å². The number of carbonyl (C=O) groups is 1. The molecule has 0 aliphatic rings. The van der Waals surface area contributed by atoms with E-state index in [2.05, 4.69) is 15.3 Å². The molecule has 1 aromatic carbocycles. The zero-order valence-corrected chi connectivity index (χ0v) is 13.2. The van der Waals surface area contributed by atoms with Crippen LogP contribution in [0.25, 0.3) is 10.9 Å². The van der Waals surface area contributed by atoms with E-state index in [-0.39, 0.29) is 12.0 Å². The van der Waals surface area contributed by atoms with Gasteiger partial charge in [0.25, 0.3) is 0 Å². The van der Waals surface area contributed by atoms with Gasteiger partial charge >= 0.3 is 0 Å². The predicted octanol–water partition coefficient (Wildman–Crippen LogP) is 3.53. The average molecular weight is 309 g/mol. The Labute approximate surface area is 134 Å². The lowest BCUT2D eigenvalue weighted by Gasteiger charge is -2.10.